The first-order valence-electron chi connectivity index (χ1n) is 7.22. The lowest BCUT2D eigenvalue weighted by atomic mass is 10.1. The summed E-state index contributed by atoms with van der Waals surface area (Å²) in [6.45, 7) is 2.95. The molecule has 2 rings (SSSR count). The summed E-state index contributed by atoms with van der Waals surface area (Å²) in [6.07, 6.45) is -1.32. The molecule has 0 aliphatic heterocycles. The van der Waals surface area contributed by atoms with Gasteiger partial charge in [0, 0.05) is 5.69 Å². The average Bonchev–Trinajstić information content (AvgIpc) is 2.57. The second kappa shape index (κ2) is 7.25. The Bertz CT molecular complexity index is 840. The van der Waals surface area contributed by atoms with E-state index in [1.54, 1.807) is 19.1 Å². The third-order valence-corrected chi connectivity index (χ3v) is 3.49. The van der Waals surface area contributed by atoms with Gasteiger partial charge in [-0.05, 0) is 37.6 Å². The van der Waals surface area contributed by atoms with Crippen LogP contribution in [0.4, 0.5) is 24.5 Å². The molecule has 3 N–H and O–H groups in total. The lowest BCUT2D eigenvalue weighted by Crippen LogP contribution is -2.30. The van der Waals surface area contributed by atoms with E-state index in [9.17, 15) is 22.8 Å². The van der Waals surface area contributed by atoms with Crippen LogP contribution in [-0.4, -0.2) is 18.0 Å². The second-order valence-electron chi connectivity index (χ2n) is 5.30. The number of ether oxygens (including phenoxy) is 1. The van der Waals surface area contributed by atoms with Crippen LogP contribution in [-0.2, 0) is 9.53 Å². The van der Waals surface area contributed by atoms with Gasteiger partial charge in [0.05, 0.1) is 11.3 Å². The van der Waals surface area contributed by atoms with Crippen molar-refractivity contribution in [2.75, 3.05) is 11.1 Å². The van der Waals surface area contributed by atoms with Crippen molar-refractivity contribution >= 4 is 23.3 Å². The van der Waals surface area contributed by atoms with Crippen molar-refractivity contribution in [3.05, 3.63) is 58.9 Å². The molecule has 0 unspecified atom stereocenters. The van der Waals surface area contributed by atoms with E-state index in [1.807, 2.05) is 5.32 Å². The molecule has 2 aromatic rings. The molecular formula is C17H15F3N2O3. The standard InChI is InChI=1S/C17H15F3N2O3/c1-8-4-3-5-10(15(8)21)17(24)25-9(2)16(23)22-12-7-6-11(18)13(19)14(12)20/h3-7,9H,21H2,1-2H3,(H,22,23)/t9-/m1/s1. The highest BCUT2D eigenvalue weighted by Gasteiger charge is 2.23. The van der Waals surface area contributed by atoms with E-state index in [0.717, 1.165) is 6.07 Å². The summed E-state index contributed by atoms with van der Waals surface area (Å²) in [5.41, 5.74) is 6.17. The van der Waals surface area contributed by atoms with Gasteiger partial charge >= 0.3 is 5.97 Å². The van der Waals surface area contributed by atoms with Gasteiger partial charge < -0.3 is 15.8 Å². The van der Waals surface area contributed by atoms with E-state index in [-0.39, 0.29) is 11.3 Å². The summed E-state index contributed by atoms with van der Waals surface area (Å²) in [6, 6.07) is 6.26. The molecule has 0 saturated carbocycles. The van der Waals surface area contributed by atoms with Crippen LogP contribution in [0.2, 0.25) is 0 Å². The Balaban J connectivity index is 2.09. The molecule has 132 valence electrons. The fraction of sp³-hybridized carbons (Fsp3) is 0.176. The van der Waals surface area contributed by atoms with E-state index >= 15 is 0 Å². The van der Waals surface area contributed by atoms with E-state index in [0.29, 0.717) is 11.6 Å². The molecular weight excluding hydrogens is 337 g/mol. The van der Waals surface area contributed by atoms with Crippen LogP contribution in [0.25, 0.3) is 0 Å². The Hall–Kier alpha value is -3.03. The van der Waals surface area contributed by atoms with Gasteiger partial charge in [-0.1, -0.05) is 12.1 Å². The van der Waals surface area contributed by atoms with E-state index in [4.69, 9.17) is 10.5 Å². The van der Waals surface area contributed by atoms with Gasteiger partial charge in [-0.15, -0.1) is 0 Å². The number of nitrogen functional groups attached to an aromatic ring is 1. The first-order valence-corrected chi connectivity index (χ1v) is 7.22. The molecule has 0 spiro atoms. The monoisotopic (exact) mass is 352 g/mol. The van der Waals surface area contributed by atoms with Crippen LogP contribution in [0.15, 0.2) is 30.3 Å². The third-order valence-electron chi connectivity index (χ3n) is 3.49. The van der Waals surface area contributed by atoms with Gasteiger partial charge in [-0.2, -0.15) is 0 Å². The smallest absolute Gasteiger partial charge is 0.341 e. The Morgan fingerprint density at radius 2 is 1.80 bits per heavy atom. The van der Waals surface area contributed by atoms with Crippen LogP contribution in [0.3, 0.4) is 0 Å². The average molecular weight is 352 g/mol. The summed E-state index contributed by atoms with van der Waals surface area (Å²) < 4.78 is 44.6. The number of hydrogen-bond donors (Lipinski definition) is 2. The van der Waals surface area contributed by atoms with Gasteiger partial charge in [-0.3, -0.25) is 4.79 Å². The highest BCUT2D eigenvalue weighted by atomic mass is 19.2. The van der Waals surface area contributed by atoms with E-state index in [1.165, 1.54) is 13.0 Å². The zero-order chi connectivity index (χ0) is 18.7. The summed E-state index contributed by atoms with van der Waals surface area (Å²) in [4.78, 5) is 24.1. The first kappa shape index (κ1) is 18.3. The quantitative estimate of drug-likeness (QED) is 0.503. The molecule has 2 aromatic carbocycles. The zero-order valence-electron chi connectivity index (χ0n) is 13.4. The van der Waals surface area contributed by atoms with Crippen molar-refractivity contribution in [2.24, 2.45) is 0 Å². The van der Waals surface area contributed by atoms with Gasteiger partial charge in [0.1, 0.15) is 0 Å². The fourth-order valence-electron chi connectivity index (χ4n) is 1.99. The lowest BCUT2D eigenvalue weighted by molar-refractivity contribution is -0.123. The van der Waals surface area contributed by atoms with Crippen molar-refractivity contribution in [3.8, 4) is 0 Å². The molecule has 0 radical (unpaired) electrons. The maximum Gasteiger partial charge on any atom is 0.341 e. The Morgan fingerprint density at radius 3 is 2.48 bits per heavy atom. The van der Waals surface area contributed by atoms with Crippen molar-refractivity contribution in [3.63, 3.8) is 0 Å². The third kappa shape index (κ3) is 3.90. The Morgan fingerprint density at radius 1 is 1.12 bits per heavy atom. The number of rotatable bonds is 4. The minimum atomic E-state index is -1.71. The Labute approximate surface area is 141 Å². The fourth-order valence-corrected chi connectivity index (χ4v) is 1.99. The van der Waals surface area contributed by atoms with E-state index < -0.39 is 41.1 Å². The summed E-state index contributed by atoms with van der Waals surface area (Å²) in [5, 5.41) is 2.03. The van der Waals surface area contributed by atoms with Gasteiger partial charge in [0.25, 0.3) is 5.91 Å². The highest BCUT2D eigenvalue weighted by molar-refractivity contribution is 5.99. The normalized spacial score (nSPS) is 11.7. The van der Waals surface area contributed by atoms with Gasteiger partial charge in [0.15, 0.2) is 23.6 Å². The molecule has 0 saturated heterocycles. The minimum Gasteiger partial charge on any atom is -0.449 e. The van der Waals surface area contributed by atoms with E-state index in [2.05, 4.69) is 0 Å². The van der Waals surface area contributed by atoms with Crippen LogP contribution < -0.4 is 11.1 Å². The molecule has 25 heavy (non-hydrogen) atoms. The van der Waals surface area contributed by atoms with Crippen LogP contribution in [0, 0.1) is 24.4 Å². The minimum absolute atomic E-state index is 0.0821. The summed E-state index contributed by atoms with van der Waals surface area (Å²) in [7, 11) is 0. The number of carbonyl (C=O) groups excluding carboxylic acids is 2. The number of halogens is 3. The predicted octanol–water partition coefficient (Wildman–Crippen LogP) is 3.18. The molecule has 0 fully saturated rings. The molecule has 0 bridgehead atoms. The molecule has 0 aliphatic carbocycles. The van der Waals surface area contributed by atoms with Crippen molar-refractivity contribution in [1.29, 1.82) is 0 Å². The SMILES string of the molecule is Cc1cccc(C(=O)O[C@H](C)C(=O)Nc2ccc(F)c(F)c2F)c1N. The number of para-hydroxylation sites is 1. The second-order valence-corrected chi connectivity index (χ2v) is 5.30. The Kier molecular flexibility index (Phi) is 5.31. The highest BCUT2D eigenvalue weighted by Crippen LogP contribution is 2.21. The van der Waals surface area contributed by atoms with Crippen molar-refractivity contribution < 1.29 is 27.5 Å². The number of carbonyl (C=O) groups is 2. The molecule has 0 heterocycles. The van der Waals surface area contributed by atoms with Crippen LogP contribution in [0.5, 0.6) is 0 Å². The number of esters is 1. The number of amides is 1. The lowest BCUT2D eigenvalue weighted by Gasteiger charge is -2.15. The molecule has 0 aromatic heterocycles. The van der Waals surface area contributed by atoms with Crippen molar-refractivity contribution in [1.82, 2.24) is 0 Å². The van der Waals surface area contributed by atoms with Crippen molar-refractivity contribution in [2.45, 2.75) is 20.0 Å². The molecule has 8 heteroatoms. The van der Waals surface area contributed by atoms with Gasteiger partial charge in [-0.25, -0.2) is 18.0 Å². The molecule has 1 amide bonds. The number of hydrogen-bond acceptors (Lipinski definition) is 4. The molecule has 5 nitrogen and oxygen atoms in total. The first-order chi connectivity index (χ1) is 11.7. The predicted molar refractivity (Wildman–Crippen MR) is 85.4 cm³/mol. The molecule has 1 atom stereocenters. The topological polar surface area (TPSA) is 81.4 Å². The number of anilines is 2. The number of nitrogens with two attached hydrogens (primary N) is 1. The number of aryl methyl sites for hydroxylation is 1. The summed E-state index contributed by atoms with van der Waals surface area (Å²) >= 11 is 0. The number of nitrogens with one attached hydrogen (secondary N) is 1. The van der Waals surface area contributed by atoms with Gasteiger partial charge in [0.2, 0.25) is 0 Å². The maximum atomic E-state index is 13.6. The largest absolute Gasteiger partial charge is 0.449 e. The maximum absolute atomic E-state index is 13.6. The summed E-state index contributed by atoms with van der Waals surface area (Å²) in [5.74, 6) is -6.39. The van der Waals surface area contributed by atoms with Crippen LogP contribution >= 0.6 is 0 Å². The number of benzene rings is 2. The zero-order valence-corrected chi connectivity index (χ0v) is 13.4. The van der Waals surface area contributed by atoms with Crippen LogP contribution in [0.1, 0.15) is 22.8 Å². The molecule has 0 aliphatic rings.